The van der Waals surface area contributed by atoms with Crippen molar-refractivity contribution < 1.29 is 33.7 Å². The van der Waals surface area contributed by atoms with Gasteiger partial charge in [0, 0.05) is 38.1 Å². The van der Waals surface area contributed by atoms with Gasteiger partial charge in [-0.1, -0.05) is 45.2 Å². The first-order chi connectivity index (χ1) is 16.5. The number of hydrogen-bond donors (Lipinski definition) is 0. The van der Waals surface area contributed by atoms with Crippen molar-refractivity contribution in [3.05, 3.63) is 102 Å². The summed E-state index contributed by atoms with van der Waals surface area (Å²) in [6, 6.07) is 25.7. The molecule has 0 aliphatic carbocycles. The fraction of sp³-hybridized carbons (Fsp3) is 0.138. The molecule has 0 atom stereocenters. The molecule has 175 valence electrons. The monoisotopic (exact) mass is 637 g/mol. The SMILES string of the molecule is C[N+]1=C=[N+](c2[c-]cc3c(c2)oc2ncccc23)C=C1.Cc1c[c-]c(-c2cc(C)c(C)cn2)cc1.[Ir]. The van der Waals surface area contributed by atoms with Gasteiger partial charge in [0.25, 0.3) is 6.20 Å². The molecule has 3 aromatic heterocycles. The van der Waals surface area contributed by atoms with Crippen molar-refractivity contribution in [2.24, 2.45) is 0 Å². The smallest absolute Gasteiger partial charge is 0.465 e. The van der Waals surface area contributed by atoms with Gasteiger partial charge in [0.1, 0.15) is 5.69 Å². The van der Waals surface area contributed by atoms with Gasteiger partial charge in [-0.15, -0.1) is 41.5 Å². The molecule has 0 saturated heterocycles. The third kappa shape index (κ3) is 5.21. The molecule has 5 nitrogen and oxygen atoms in total. The fourth-order valence-corrected chi connectivity index (χ4v) is 3.65. The molecule has 0 saturated carbocycles. The van der Waals surface area contributed by atoms with E-state index in [1.165, 1.54) is 16.7 Å². The molecule has 35 heavy (non-hydrogen) atoms. The molecule has 1 aliphatic rings. The van der Waals surface area contributed by atoms with Gasteiger partial charge in [0.15, 0.2) is 7.05 Å². The Morgan fingerprint density at radius 1 is 0.914 bits per heavy atom. The molecule has 0 spiro atoms. The van der Waals surface area contributed by atoms with Crippen LogP contribution in [0.15, 0.2) is 77.7 Å². The van der Waals surface area contributed by atoms with Crippen molar-refractivity contribution in [2.75, 3.05) is 7.05 Å². The molecule has 1 radical (unpaired) electrons. The van der Waals surface area contributed by atoms with Crippen molar-refractivity contribution in [3.63, 3.8) is 0 Å². The Labute approximate surface area is 218 Å². The summed E-state index contributed by atoms with van der Waals surface area (Å²) < 4.78 is 9.49. The van der Waals surface area contributed by atoms with Gasteiger partial charge in [0.2, 0.25) is 11.9 Å². The van der Waals surface area contributed by atoms with Crippen LogP contribution in [0.1, 0.15) is 16.7 Å². The summed E-state index contributed by atoms with van der Waals surface area (Å²) in [4.78, 5) is 8.63. The summed E-state index contributed by atoms with van der Waals surface area (Å²) in [5, 5.41) is 2.05. The molecule has 0 bridgehead atoms. The maximum absolute atomic E-state index is 5.76. The quantitative estimate of drug-likeness (QED) is 0.171. The van der Waals surface area contributed by atoms with Crippen LogP contribution in [0.4, 0.5) is 5.69 Å². The molecule has 5 aromatic rings. The first-order valence-corrected chi connectivity index (χ1v) is 11.1. The van der Waals surface area contributed by atoms with Crippen LogP contribution >= 0.6 is 0 Å². The van der Waals surface area contributed by atoms with E-state index in [2.05, 4.69) is 67.1 Å². The van der Waals surface area contributed by atoms with E-state index in [9.17, 15) is 0 Å². The molecule has 2 aromatic carbocycles. The second-order valence-electron chi connectivity index (χ2n) is 8.37. The molecule has 0 unspecified atom stereocenters. The zero-order chi connectivity index (χ0) is 23.7. The number of benzene rings is 2. The number of pyridine rings is 2. The summed E-state index contributed by atoms with van der Waals surface area (Å²) in [6.07, 6.45) is 7.50. The van der Waals surface area contributed by atoms with Crippen molar-refractivity contribution in [3.8, 4) is 11.3 Å². The molecule has 0 fully saturated rings. The van der Waals surface area contributed by atoms with E-state index in [1.807, 2.05) is 65.1 Å². The number of hydrogen-bond acceptors (Lipinski definition) is 3. The Morgan fingerprint density at radius 2 is 1.77 bits per heavy atom. The Bertz CT molecular complexity index is 1620. The normalized spacial score (nSPS) is 12.1. The number of nitrogens with zero attached hydrogens (tertiary/aromatic N) is 4. The van der Waals surface area contributed by atoms with Crippen molar-refractivity contribution >= 4 is 33.8 Å². The van der Waals surface area contributed by atoms with Crippen LogP contribution in [0.25, 0.3) is 33.3 Å². The van der Waals surface area contributed by atoms with Crippen LogP contribution in [0.2, 0.25) is 0 Å². The summed E-state index contributed by atoms with van der Waals surface area (Å²) >= 11 is 0. The Morgan fingerprint density at radius 3 is 2.49 bits per heavy atom. The van der Waals surface area contributed by atoms with Crippen LogP contribution in [0, 0.1) is 32.9 Å². The zero-order valence-corrected chi connectivity index (χ0v) is 22.4. The van der Waals surface area contributed by atoms with Crippen LogP contribution in [0.5, 0.6) is 0 Å². The maximum Gasteiger partial charge on any atom is 0.493 e. The van der Waals surface area contributed by atoms with Crippen LogP contribution < -0.4 is 0 Å². The van der Waals surface area contributed by atoms with E-state index in [0.29, 0.717) is 5.71 Å². The molecule has 0 N–H and O–H groups in total. The zero-order valence-electron chi connectivity index (χ0n) is 20.0. The molecule has 4 heterocycles. The van der Waals surface area contributed by atoms with Gasteiger partial charge < -0.3 is 9.40 Å². The number of furan rings is 1. The molecular weight excluding hydrogens is 613 g/mol. The largest absolute Gasteiger partial charge is 0.493 e. The van der Waals surface area contributed by atoms with E-state index >= 15 is 0 Å². The van der Waals surface area contributed by atoms with Gasteiger partial charge in [-0.2, -0.15) is 6.07 Å². The molecule has 1 aliphatic heterocycles. The van der Waals surface area contributed by atoms with Gasteiger partial charge in [-0.05, 0) is 36.6 Å². The number of aryl methyl sites for hydroxylation is 3. The van der Waals surface area contributed by atoms with Crippen molar-refractivity contribution in [2.45, 2.75) is 20.8 Å². The number of rotatable bonds is 2. The standard InChI is InChI=1S/C15H10N3O.C14H14N.Ir/c1-17-7-8-18(10-17)11-4-5-12-13-3-2-6-16-15(13)19-14(12)9-11;1-10-4-6-13(7-5-10)14-8-11(2)12(3)9-15-14;/h2-3,5-9H,1H3;4-6,8-9H,1-3H3;/q+1;-1;. The minimum atomic E-state index is 0. The van der Waals surface area contributed by atoms with Crippen LogP contribution in [-0.4, -0.2) is 32.2 Å². The minimum absolute atomic E-state index is 0. The second kappa shape index (κ2) is 10.3. The fourth-order valence-electron chi connectivity index (χ4n) is 3.65. The first-order valence-electron chi connectivity index (χ1n) is 11.1. The maximum atomic E-state index is 5.76. The van der Waals surface area contributed by atoms with E-state index in [0.717, 1.165) is 33.3 Å². The molecule has 6 rings (SSSR count). The summed E-state index contributed by atoms with van der Waals surface area (Å²) in [5.41, 5.74) is 8.15. The first kappa shape index (κ1) is 24.4. The van der Waals surface area contributed by atoms with Gasteiger partial charge in [-0.3, -0.25) is 0 Å². The van der Waals surface area contributed by atoms with E-state index in [4.69, 9.17) is 4.42 Å². The topological polar surface area (TPSA) is 44.9 Å². The van der Waals surface area contributed by atoms with Gasteiger partial charge >= 0.3 is 6.01 Å². The molecular formula is C29H24IrN4O. The van der Waals surface area contributed by atoms with E-state index in [-0.39, 0.29) is 20.1 Å². The van der Waals surface area contributed by atoms with Crippen molar-refractivity contribution in [1.29, 1.82) is 0 Å². The minimum Gasteiger partial charge on any atom is -0.465 e. The van der Waals surface area contributed by atoms with Gasteiger partial charge in [-0.25, -0.2) is 4.98 Å². The van der Waals surface area contributed by atoms with Crippen LogP contribution in [0.3, 0.4) is 0 Å². The Hall–Kier alpha value is -3.69. The second-order valence-corrected chi connectivity index (χ2v) is 8.37. The predicted molar refractivity (Wildman–Crippen MR) is 133 cm³/mol. The number of aromatic nitrogens is 2. The van der Waals surface area contributed by atoms with Crippen LogP contribution in [-0.2, 0) is 20.1 Å². The predicted octanol–water partition coefficient (Wildman–Crippen LogP) is 6.20. The third-order valence-electron chi connectivity index (χ3n) is 5.75. The summed E-state index contributed by atoms with van der Waals surface area (Å²) in [7, 11) is 1.93. The molecule has 6 heteroatoms. The summed E-state index contributed by atoms with van der Waals surface area (Å²) in [5.74, 6) is 0. The molecule has 0 amide bonds. The van der Waals surface area contributed by atoms with Crippen molar-refractivity contribution in [1.82, 2.24) is 9.97 Å². The number of fused-ring (bicyclic) bond motifs is 3. The van der Waals surface area contributed by atoms with Gasteiger partial charge in [0.05, 0.1) is 0 Å². The average molecular weight is 637 g/mol. The third-order valence-corrected chi connectivity index (χ3v) is 5.75. The van der Waals surface area contributed by atoms with E-state index < -0.39 is 0 Å². The Balaban J connectivity index is 0.000000165. The average Bonchev–Trinajstić information content (AvgIpc) is 3.45. The van der Waals surface area contributed by atoms with E-state index in [1.54, 1.807) is 6.20 Å². The Kier molecular flexibility index (Phi) is 7.18. The summed E-state index contributed by atoms with van der Waals surface area (Å²) in [6.45, 7) is 6.24.